The molecule has 2 atom stereocenters. The minimum Gasteiger partial charge on any atom is -0.346 e. The molecule has 3 fully saturated rings. The van der Waals surface area contributed by atoms with Crippen LogP contribution >= 0.6 is 0 Å². The molecule has 4 heteroatoms. The van der Waals surface area contributed by atoms with Gasteiger partial charge in [0.15, 0.2) is 5.79 Å². The largest absolute Gasteiger partial charge is 0.346 e. The van der Waals surface area contributed by atoms with Crippen LogP contribution in [0.4, 0.5) is 0 Å². The minimum atomic E-state index is -0.468. The van der Waals surface area contributed by atoms with Gasteiger partial charge in [-0.25, -0.2) is 0 Å². The number of carbonyl (C=O) groups is 1. The lowest BCUT2D eigenvalue weighted by atomic mass is 10.0. The lowest BCUT2D eigenvalue weighted by Gasteiger charge is -2.38. The van der Waals surface area contributed by atoms with Crippen molar-refractivity contribution in [2.24, 2.45) is 11.8 Å². The maximum atomic E-state index is 12.3. The smallest absolute Gasteiger partial charge is 0.226 e. The Hall–Kier alpha value is -0.610. The number of nitrogens with zero attached hydrogens (tertiary/aromatic N) is 1. The van der Waals surface area contributed by atoms with Gasteiger partial charge in [0.25, 0.3) is 0 Å². The summed E-state index contributed by atoms with van der Waals surface area (Å²) in [6.45, 7) is 5.02. The monoisotopic (exact) mass is 239 g/mol. The Balaban J connectivity index is 1.62. The maximum absolute atomic E-state index is 12.3. The van der Waals surface area contributed by atoms with Gasteiger partial charge in [-0.3, -0.25) is 4.79 Å². The van der Waals surface area contributed by atoms with E-state index in [0.29, 0.717) is 31.6 Å². The second-order valence-electron chi connectivity index (χ2n) is 5.48. The third kappa shape index (κ3) is 2.08. The van der Waals surface area contributed by atoms with Crippen molar-refractivity contribution in [1.82, 2.24) is 4.90 Å². The molecule has 1 saturated carbocycles. The SMILES string of the molecule is CC[C@@H]1C[C@H]1C(=O)N1CCCC2(C1)OCCO2. The van der Waals surface area contributed by atoms with Gasteiger partial charge < -0.3 is 14.4 Å². The van der Waals surface area contributed by atoms with Crippen molar-refractivity contribution in [2.45, 2.75) is 38.4 Å². The number of likely N-dealkylation sites (tertiary alicyclic amines) is 1. The fraction of sp³-hybridized carbons (Fsp3) is 0.923. The predicted octanol–water partition coefficient (Wildman–Crippen LogP) is 1.40. The van der Waals surface area contributed by atoms with Crippen LogP contribution in [0.3, 0.4) is 0 Å². The summed E-state index contributed by atoms with van der Waals surface area (Å²) in [7, 11) is 0. The van der Waals surface area contributed by atoms with Crippen LogP contribution in [-0.2, 0) is 14.3 Å². The van der Waals surface area contributed by atoms with Crippen LogP contribution in [0.5, 0.6) is 0 Å². The van der Waals surface area contributed by atoms with Crippen LogP contribution in [0.2, 0.25) is 0 Å². The van der Waals surface area contributed by atoms with Crippen molar-refractivity contribution in [3.8, 4) is 0 Å². The van der Waals surface area contributed by atoms with Gasteiger partial charge in [0.2, 0.25) is 5.91 Å². The molecular formula is C13H21NO3. The highest BCUT2D eigenvalue weighted by molar-refractivity contribution is 5.81. The van der Waals surface area contributed by atoms with Crippen LogP contribution in [0.25, 0.3) is 0 Å². The zero-order valence-electron chi connectivity index (χ0n) is 10.5. The van der Waals surface area contributed by atoms with Crippen molar-refractivity contribution in [3.05, 3.63) is 0 Å². The minimum absolute atomic E-state index is 0.288. The molecule has 1 spiro atoms. The number of ether oxygens (including phenoxy) is 2. The lowest BCUT2D eigenvalue weighted by Crippen LogP contribution is -2.51. The number of carbonyl (C=O) groups excluding carboxylic acids is 1. The van der Waals surface area contributed by atoms with Crippen molar-refractivity contribution in [3.63, 3.8) is 0 Å². The molecule has 3 aliphatic rings. The Labute approximate surface area is 102 Å². The third-order valence-electron chi connectivity index (χ3n) is 4.31. The van der Waals surface area contributed by atoms with Crippen LogP contribution in [0, 0.1) is 11.8 Å². The van der Waals surface area contributed by atoms with Crippen molar-refractivity contribution < 1.29 is 14.3 Å². The van der Waals surface area contributed by atoms with E-state index < -0.39 is 5.79 Å². The first-order valence-electron chi connectivity index (χ1n) is 6.81. The molecule has 0 bridgehead atoms. The summed E-state index contributed by atoms with van der Waals surface area (Å²) in [5, 5.41) is 0. The van der Waals surface area contributed by atoms with Crippen LogP contribution in [0.15, 0.2) is 0 Å². The molecule has 0 radical (unpaired) electrons. The highest BCUT2D eigenvalue weighted by Gasteiger charge is 2.48. The number of rotatable bonds is 2. The summed E-state index contributed by atoms with van der Waals surface area (Å²) in [5.41, 5.74) is 0. The summed E-state index contributed by atoms with van der Waals surface area (Å²) >= 11 is 0. The van der Waals surface area contributed by atoms with Crippen LogP contribution in [0.1, 0.15) is 32.6 Å². The summed E-state index contributed by atoms with van der Waals surface area (Å²) in [6.07, 6.45) is 4.14. The molecule has 17 heavy (non-hydrogen) atoms. The summed E-state index contributed by atoms with van der Waals surface area (Å²) < 4.78 is 11.4. The molecule has 0 aromatic rings. The van der Waals surface area contributed by atoms with Gasteiger partial charge >= 0.3 is 0 Å². The number of hydrogen-bond acceptors (Lipinski definition) is 3. The zero-order valence-corrected chi connectivity index (χ0v) is 10.5. The second-order valence-corrected chi connectivity index (χ2v) is 5.48. The standard InChI is InChI=1S/C13H21NO3/c1-2-10-8-11(10)12(15)14-5-3-4-13(9-14)16-6-7-17-13/h10-11H,2-9H2,1H3/t10-,11-/m1/s1. The summed E-state index contributed by atoms with van der Waals surface area (Å²) in [6, 6.07) is 0. The van der Waals surface area contributed by atoms with Crippen LogP contribution in [-0.4, -0.2) is 42.9 Å². The molecular weight excluding hydrogens is 218 g/mol. The van der Waals surface area contributed by atoms with E-state index in [4.69, 9.17) is 9.47 Å². The van der Waals surface area contributed by atoms with E-state index in [2.05, 4.69) is 6.92 Å². The Morgan fingerprint density at radius 3 is 2.82 bits per heavy atom. The van der Waals surface area contributed by atoms with E-state index in [1.165, 1.54) is 0 Å². The highest BCUT2D eigenvalue weighted by Crippen LogP contribution is 2.43. The molecule has 4 nitrogen and oxygen atoms in total. The zero-order chi connectivity index (χ0) is 11.9. The first-order chi connectivity index (χ1) is 8.24. The first kappa shape index (κ1) is 11.5. The molecule has 2 heterocycles. The van der Waals surface area contributed by atoms with E-state index in [1.807, 2.05) is 4.90 Å². The molecule has 0 N–H and O–H groups in total. The Kier molecular flexibility index (Phi) is 2.87. The molecule has 2 aliphatic heterocycles. The van der Waals surface area contributed by atoms with Gasteiger partial charge in [0.05, 0.1) is 19.8 Å². The molecule has 3 rings (SSSR count). The summed E-state index contributed by atoms with van der Waals surface area (Å²) in [5.74, 6) is 0.780. The molecule has 1 aliphatic carbocycles. The molecule has 0 unspecified atom stereocenters. The number of hydrogen-bond donors (Lipinski definition) is 0. The van der Waals surface area contributed by atoms with E-state index in [0.717, 1.165) is 32.2 Å². The Morgan fingerprint density at radius 1 is 1.41 bits per heavy atom. The van der Waals surface area contributed by atoms with Crippen molar-refractivity contribution in [1.29, 1.82) is 0 Å². The fourth-order valence-electron chi connectivity index (χ4n) is 3.14. The molecule has 0 aromatic heterocycles. The first-order valence-corrected chi connectivity index (χ1v) is 6.81. The van der Waals surface area contributed by atoms with E-state index >= 15 is 0 Å². The Bertz CT molecular complexity index is 312. The number of piperidine rings is 1. The Morgan fingerprint density at radius 2 is 2.18 bits per heavy atom. The van der Waals surface area contributed by atoms with Gasteiger partial charge in [0, 0.05) is 18.9 Å². The van der Waals surface area contributed by atoms with E-state index in [9.17, 15) is 4.79 Å². The van der Waals surface area contributed by atoms with E-state index in [-0.39, 0.29) is 5.92 Å². The highest BCUT2D eigenvalue weighted by atomic mass is 16.7. The van der Waals surface area contributed by atoms with Crippen molar-refractivity contribution >= 4 is 5.91 Å². The van der Waals surface area contributed by atoms with Crippen molar-refractivity contribution in [2.75, 3.05) is 26.3 Å². The molecule has 2 saturated heterocycles. The average Bonchev–Trinajstić information content (AvgIpc) is 3.03. The third-order valence-corrected chi connectivity index (χ3v) is 4.31. The average molecular weight is 239 g/mol. The van der Waals surface area contributed by atoms with Gasteiger partial charge in [-0.1, -0.05) is 13.3 Å². The maximum Gasteiger partial charge on any atom is 0.226 e. The fourth-order valence-corrected chi connectivity index (χ4v) is 3.14. The predicted molar refractivity (Wildman–Crippen MR) is 62.3 cm³/mol. The van der Waals surface area contributed by atoms with Gasteiger partial charge in [-0.05, 0) is 18.8 Å². The topological polar surface area (TPSA) is 38.8 Å². The molecule has 0 aromatic carbocycles. The van der Waals surface area contributed by atoms with Gasteiger partial charge in [0.1, 0.15) is 0 Å². The van der Waals surface area contributed by atoms with Gasteiger partial charge in [-0.15, -0.1) is 0 Å². The van der Waals surface area contributed by atoms with Crippen LogP contribution < -0.4 is 0 Å². The number of amides is 1. The van der Waals surface area contributed by atoms with E-state index in [1.54, 1.807) is 0 Å². The quantitative estimate of drug-likeness (QED) is 0.731. The lowest BCUT2D eigenvalue weighted by molar-refractivity contribution is -0.193. The normalized spacial score (nSPS) is 35.2. The summed E-state index contributed by atoms with van der Waals surface area (Å²) in [4.78, 5) is 14.3. The molecule has 96 valence electrons. The molecule has 1 amide bonds. The van der Waals surface area contributed by atoms with Gasteiger partial charge in [-0.2, -0.15) is 0 Å². The second kappa shape index (κ2) is 4.25.